The molecule has 0 fully saturated rings. The molecule has 0 atom stereocenters. The largest absolute Gasteiger partial charge is 0.339 e. The molecule has 1 aromatic carbocycles. The molecule has 2 aromatic heterocycles. The summed E-state index contributed by atoms with van der Waals surface area (Å²) in [5, 5.41) is 1.11. The molecular formula is C15H14N3OS2+. The van der Waals surface area contributed by atoms with Crippen LogP contribution in [-0.2, 0) is 0 Å². The van der Waals surface area contributed by atoms with Gasteiger partial charge in [-0.2, -0.15) is 4.37 Å². The van der Waals surface area contributed by atoms with Crippen molar-refractivity contribution >= 4 is 38.6 Å². The van der Waals surface area contributed by atoms with Crippen LogP contribution in [-0.4, -0.2) is 28.6 Å². The van der Waals surface area contributed by atoms with Crippen LogP contribution in [0.15, 0.2) is 47.8 Å². The molecule has 3 aromatic rings. The van der Waals surface area contributed by atoms with E-state index in [0.29, 0.717) is 0 Å². The molecule has 3 rings (SSSR count). The van der Waals surface area contributed by atoms with Gasteiger partial charge in [0.15, 0.2) is 12.4 Å². The number of aromatic amines is 1. The second-order valence-electron chi connectivity index (χ2n) is 4.74. The first-order chi connectivity index (χ1) is 10.2. The first kappa shape index (κ1) is 14.0. The zero-order chi connectivity index (χ0) is 14.8. The molecule has 6 heteroatoms. The predicted octanol–water partition coefficient (Wildman–Crippen LogP) is 3.55. The molecule has 0 bridgehead atoms. The van der Waals surface area contributed by atoms with Crippen molar-refractivity contribution in [3.05, 3.63) is 42.9 Å². The maximum Gasteiger partial charge on any atom is 0.285 e. The number of hydrogen-bond donors (Lipinski definition) is 0. The number of fused-ring (bicyclic) bond motifs is 1. The molecule has 0 aliphatic rings. The number of nitrogens with zero attached hydrogens (tertiary/aromatic N) is 2. The lowest BCUT2D eigenvalue weighted by atomic mass is 10.1. The van der Waals surface area contributed by atoms with Gasteiger partial charge in [0, 0.05) is 47.8 Å². The molecule has 0 unspecified atom stereocenters. The summed E-state index contributed by atoms with van der Waals surface area (Å²) >= 11 is 2.70. The van der Waals surface area contributed by atoms with Crippen molar-refractivity contribution in [2.24, 2.45) is 0 Å². The number of pyridine rings is 1. The first-order valence-electron chi connectivity index (χ1n) is 6.40. The van der Waals surface area contributed by atoms with E-state index in [9.17, 15) is 4.79 Å². The minimum atomic E-state index is 0.0139. The van der Waals surface area contributed by atoms with Gasteiger partial charge >= 0.3 is 0 Å². The Morgan fingerprint density at radius 3 is 2.90 bits per heavy atom. The Labute approximate surface area is 131 Å². The minimum Gasteiger partial charge on any atom is -0.339 e. The third kappa shape index (κ3) is 2.77. The summed E-state index contributed by atoms with van der Waals surface area (Å²) in [4.78, 5) is 17.7. The van der Waals surface area contributed by atoms with Crippen LogP contribution in [0, 0.1) is 0 Å². The Kier molecular flexibility index (Phi) is 3.90. The summed E-state index contributed by atoms with van der Waals surface area (Å²) in [6.45, 7) is 0. The van der Waals surface area contributed by atoms with Crippen molar-refractivity contribution in [3.8, 4) is 11.1 Å². The highest BCUT2D eigenvalue weighted by atomic mass is 32.2. The van der Waals surface area contributed by atoms with Crippen LogP contribution in [0.2, 0.25) is 0 Å². The van der Waals surface area contributed by atoms with E-state index in [2.05, 4.69) is 9.36 Å². The second kappa shape index (κ2) is 5.83. The molecule has 2 heterocycles. The van der Waals surface area contributed by atoms with Gasteiger partial charge in [0.25, 0.3) is 5.24 Å². The SMILES string of the molecule is CN(C)C(=O)Sc1ccc2cnsc2c1-c1ccc[nH+]c1. The van der Waals surface area contributed by atoms with E-state index in [4.69, 9.17) is 0 Å². The van der Waals surface area contributed by atoms with Crippen LogP contribution in [0.3, 0.4) is 0 Å². The molecule has 0 saturated heterocycles. The average molecular weight is 316 g/mol. The highest BCUT2D eigenvalue weighted by Crippen LogP contribution is 2.39. The van der Waals surface area contributed by atoms with Gasteiger partial charge in [-0.25, -0.2) is 4.98 Å². The number of nitrogens with one attached hydrogen (secondary N) is 1. The summed E-state index contributed by atoms with van der Waals surface area (Å²) < 4.78 is 5.37. The van der Waals surface area contributed by atoms with Crippen molar-refractivity contribution in [2.75, 3.05) is 14.1 Å². The van der Waals surface area contributed by atoms with Gasteiger partial charge in [-0.3, -0.25) is 4.79 Å². The zero-order valence-corrected chi connectivity index (χ0v) is 13.3. The molecule has 4 nitrogen and oxygen atoms in total. The molecular weight excluding hydrogens is 302 g/mol. The van der Waals surface area contributed by atoms with E-state index in [0.717, 1.165) is 26.1 Å². The number of hydrogen-bond acceptors (Lipinski definition) is 4. The number of carbonyl (C=O) groups excluding carboxylic acids is 1. The van der Waals surface area contributed by atoms with Crippen molar-refractivity contribution in [1.29, 1.82) is 0 Å². The molecule has 1 N–H and O–H groups in total. The molecule has 0 aliphatic heterocycles. The van der Waals surface area contributed by atoms with Crippen LogP contribution in [0.25, 0.3) is 21.2 Å². The van der Waals surface area contributed by atoms with Crippen LogP contribution in [0.5, 0.6) is 0 Å². The van der Waals surface area contributed by atoms with Crippen molar-refractivity contribution < 1.29 is 9.78 Å². The lowest BCUT2D eigenvalue weighted by Gasteiger charge is -2.12. The van der Waals surface area contributed by atoms with Gasteiger partial charge in [-0.05, 0) is 35.4 Å². The number of thioether (sulfide) groups is 1. The molecule has 21 heavy (non-hydrogen) atoms. The number of rotatable bonds is 2. The van der Waals surface area contributed by atoms with Crippen LogP contribution in [0.4, 0.5) is 4.79 Å². The third-order valence-corrected chi connectivity index (χ3v) is 4.98. The summed E-state index contributed by atoms with van der Waals surface area (Å²) in [6.07, 6.45) is 5.67. The second-order valence-corrected chi connectivity index (χ2v) is 6.53. The average Bonchev–Trinajstić information content (AvgIpc) is 2.96. The van der Waals surface area contributed by atoms with E-state index in [-0.39, 0.29) is 5.24 Å². The van der Waals surface area contributed by atoms with E-state index >= 15 is 0 Å². The Morgan fingerprint density at radius 1 is 1.33 bits per heavy atom. The fourth-order valence-corrected chi connectivity index (χ4v) is 3.72. The van der Waals surface area contributed by atoms with Gasteiger partial charge in [-0.15, -0.1) is 0 Å². The fraction of sp³-hybridized carbons (Fsp3) is 0.133. The Bertz CT molecular complexity index is 784. The molecule has 0 aliphatic carbocycles. The Hall–Kier alpha value is -1.92. The number of carbonyl (C=O) groups is 1. The first-order valence-corrected chi connectivity index (χ1v) is 7.99. The number of amides is 1. The van der Waals surface area contributed by atoms with E-state index < -0.39 is 0 Å². The smallest absolute Gasteiger partial charge is 0.285 e. The molecule has 1 amide bonds. The number of H-pyrrole nitrogens is 1. The van der Waals surface area contributed by atoms with Crippen LogP contribution in [0.1, 0.15) is 0 Å². The van der Waals surface area contributed by atoms with E-state index in [1.807, 2.05) is 42.9 Å². The maximum absolute atomic E-state index is 12.0. The lowest BCUT2D eigenvalue weighted by Crippen LogP contribution is -2.16. The normalized spacial score (nSPS) is 10.8. The van der Waals surface area contributed by atoms with E-state index in [1.54, 1.807) is 19.0 Å². The maximum atomic E-state index is 12.0. The highest BCUT2D eigenvalue weighted by Gasteiger charge is 2.17. The van der Waals surface area contributed by atoms with Gasteiger partial charge in [0.2, 0.25) is 0 Å². The van der Waals surface area contributed by atoms with E-state index in [1.165, 1.54) is 23.3 Å². The fourth-order valence-electron chi connectivity index (χ4n) is 2.01. The Morgan fingerprint density at radius 2 is 2.19 bits per heavy atom. The van der Waals surface area contributed by atoms with Crippen molar-refractivity contribution in [1.82, 2.24) is 9.27 Å². The number of aromatic nitrogens is 2. The summed E-state index contributed by atoms with van der Waals surface area (Å²) in [5.41, 5.74) is 2.12. The zero-order valence-electron chi connectivity index (χ0n) is 11.7. The third-order valence-electron chi connectivity index (χ3n) is 3.04. The molecule has 0 radical (unpaired) electrons. The van der Waals surface area contributed by atoms with Crippen LogP contribution < -0.4 is 4.98 Å². The topological polar surface area (TPSA) is 47.3 Å². The predicted molar refractivity (Wildman–Crippen MR) is 86.6 cm³/mol. The molecule has 0 spiro atoms. The monoisotopic (exact) mass is 316 g/mol. The standard InChI is InChI=1S/C15H13N3OS2/c1-18(2)15(19)20-12-6-5-11-9-17-21-14(11)13(12)10-4-3-7-16-8-10/h3-9H,1-2H3/p+1. The summed E-state index contributed by atoms with van der Waals surface area (Å²) in [6, 6.07) is 8.00. The van der Waals surface area contributed by atoms with Crippen molar-refractivity contribution in [3.63, 3.8) is 0 Å². The van der Waals surface area contributed by atoms with Crippen LogP contribution >= 0.6 is 23.3 Å². The highest BCUT2D eigenvalue weighted by molar-refractivity contribution is 8.13. The quantitative estimate of drug-likeness (QED) is 0.679. The molecule has 0 saturated carbocycles. The Balaban J connectivity index is 2.18. The van der Waals surface area contributed by atoms with Gasteiger partial charge in [0.05, 0.1) is 4.70 Å². The minimum absolute atomic E-state index is 0.0139. The van der Waals surface area contributed by atoms with Crippen molar-refractivity contribution in [2.45, 2.75) is 4.90 Å². The summed E-state index contributed by atoms with van der Waals surface area (Å²) in [5.74, 6) is 0. The summed E-state index contributed by atoms with van der Waals surface area (Å²) in [7, 11) is 3.52. The lowest BCUT2D eigenvalue weighted by molar-refractivity contribution is -0.377. The van der Waals surface area contributed by atoms with Gasteiger partial charge in [0.1, 0.15) is 0 Å². The van der Waals surface area contributed by atoms with Gasteiger partial charge in [-0.1, -0.05) is 6.07 Å². The van der Waals surface area contributed by atoms with Gasteiger partial charge < -0.3 is 4.90 Å². The molecule has 106 valence electrons. The number of benzene rings is 1.